The molecular weight excluding hydrogens is 260 g/mol. The second kappa shape index (κ2) is 5.96. The number of carbonyl (C=O) groups is 1. The van der Waals surface area contributed by atoms with E-state index >= 15 is 0 Å². The summed E-state index contributed by atoms with van der Waals surface area (Å²) in [5.41, 5.74) is 3.00. The Bertz CT molecular complexity index is 478. The molecule has 0 saturated heterocycles. The molecule has 1 aliphatic rings. The van der Waals surface area contributed by atoms with Crippen LogP contribution >= 0.6 is 11.6 Å². The summed E-state index contributed by atoms with van der Waals surface area (Å²) in [6.45, 7) is 6.75. The van der Waals surface area contributed by atoms with Gasteiger partial charge in [0.25, 0.3) is 0 Å². The molecule has 0 radical (unpaired) electrons. The number of aryl methyl sites for hydroxylation is 1. The van der Waals surface area contributed by atoms with Gasteiger partial charge in [-0.1, -0.05) is 13.8 Å². The lowest BCUT2D eigenvalue weighted by molar-refractivity contribution is 0.0991. The van der Waals surface area contributed by atoms with Crippen LogP contribution < -0.4 is 4.74 Å². The Kier molecular flexibility index (Phi) is 4.51. The number of fused-ring (bicyclic) bond motifs is 1. The Morgan fingerprint density at radius 2 is 2.00 bits per heavy atom. The first-order valence-corrected chi connectivity index (χ1v) is 7.42. The number of Topliss-reactive ketones (excluding diaryl/α,β-unsaturated/α-hetero) is 1. The first kappa shape index (κ1) is 14.4. The van der Waals surface area contributed by atoms with Gasteiger partial charge in [-0.05, 0) is 55.4 Å². The molecule has 0 aliphatic carbocycles. The van der Waals surface area contributed by atoms with Gasteiger partial charge < -0.3 is 4.74 Å². The van der Waals surface area contributed by atoms with Crippen molar-refractivity contribution in [2.75, 3.05) is 6.61 Å². The van der Waals surface area contributed by atoms with Gasteiger partial charge in [0.05, 0.1) is 12.0 Å². The summed E-state index contributed by atoms with van der Waals surface area (Å²) in [6.07, 6.45) is 3.16. The summed E-state index contributed by atoms with van der Waals surface area (Å²) < 4.78 is 5.89. The molecule has 1 unspecified atom stereocenters. The Balaban J connectivity index is 2.52. The number of alkyl halides is 1. The number of ketones is 1. The summed E-state index contributed by atoms with van der Waals surface area (Å²) in [4.78, 5) is 12.1. The number of halogens is 1. The van der Waals surface area contributed by atoms with E-state index in [0.717, 1.165) is 48.3 Å². The quantitative estimate of drug-likeness (QED) is 0.608. The van der Waals surface area contributed by atoms with Crippen LogP contribution in [0.15, 0.2) is 12.1 Å². The third kappa shape index (κ3) is 3.11. The molecule has 0 spiro atoms. The molecule has 1 heterocycles. The maximum absolute atomic E-state index is 12.1. The van der Waals surface area contributed by atoms with Crippen molar-refractivity contribution in [2.24, 2.45) is 0 Å². The Morgan fingerprint density at radius 1 is 1.26 bits per heavy atom. The van der Waals surface area contributed by atoms with Crippen molar-refractivity contribution in [1.29, 1.82) is 0 Å². The number of carbonyl (C=O) groups excluding carboxylic acids is 1. The van der Waals surface area contributed by atoms with Crippen molar-refractivity contribution >= 4 is 17.4 Å². The summed E-state index contributed by atoms with van der Waals surface area (Å²) in [7, 11) is 0. The number of hydrogen-bond acceptors (Lipinski definition) is 2. The molecule has 0 N–H and O–H groups in total. The van der Waals surface area contributed by atoms with Crippen molar-refractivity contribution in [2.45, 2.75) is 51.3 Å². The van der Waals surface area contributed by atoms with E-state index in [4.69, 9.17) is 16.3 Å². The summed E-state index contributed by atoms with van der Waals surface area (Å²) in [5, 5.41) is -0.482. The molecule has 104 valence electrons. The van der Waals surface area contributed by atoms with E-state index in [1.165, 1.54) is 0 Å². The SMILES string of the molecule is CC(Cl)C(=O)c1cc2c(c(C(C)C)c1)OCCCC2. The summed E-state index contributed by atoms with van der Waals surface area (Å²) >= 11 is 5.93. The lowest BCUT2D eigenvalue weighted by atomic mass is 9.92. The molecule has 3 heteroatoms. The minimum absolute atomic E-state index is 0.00406. The van der Waals surface area contributed by atoms with Gasteiger partial charge in [0.15, 0.2) is 5.78 Å². The first-order valence-electron chi connectivity index (χ1n) is 6.98. The Morgan fingerprint density at radius 3 is 2.63 bits per heavy atom. The average Bonchev–Trinajstić information content (AvgIpc) is 2.61. The molecule has 0 fully saturated rings. The molecule has 0 saturated carbocycles. The van der Waals surface area contributed by atoms with Crippen molar-refractivity contribution in [3.05, 3.63) is 28.8 Å². The van der Waals surface area contributed by atoms with Crippen LogP contribution in [0.1, 0.15) is 61.0 Å². The third-order valence-electron chi connectivity index (χ3n) is 3.55. The van der Waals surface area contributed by atoms with Crippen LogP contribution in [0.3, 0.4) is 0 Å². The molecule has 0 aromatic heterocycles. The van der Waals surface area contributed by atoms with Crippen LogP contribution in [0.4, 0.5) is 0 Å². The highest BCUT2D eigenvalue weighted by Crippen LogP contribution is 2.35. The van der Waals surface area contributed by atoms with Crippen molar-refractivity contribution in [3.8, 4) is 5.75 Å². The van der Waals surface area contributed by atoms with Crippen molar-refractivity contribution in [3.63, 3.8) is 0 Å². The summed E-state index contributed by atoms with van der Waals surface area (Å²) in [5.74, 6) is 1.33. The average molecular weight is 281 g/mol. The van der Waals surface area contributed by atoms with E-state index in [0.29, 0.717) is 5.92 Å². The van der Waals surface area contributed by atoms with E-state index in [-0.39, 0.29) is 5.78 Å². The highest BCUT2D eigenvalue weighted by atomic mass is 35.5. The van der Waals surface area contributed by atoms with Crippen LogP contribution in [0, 0.1) is 0 Å². The standard InChI is InChI=1S/C16H21ClO2/c1-10(2)14-9-13(15(18)11(3)17)8-12-6-4-5-7-19-16(12)14/h8-11H,4-7H2,1-3H3. The number of benzene rings is 1. The van der Waals surface area contributed by atoms with Gasteiger partial charge in [-0.25, -0.2) is 0 Å². The van der Waals surface area contributed by atoms with Gasteiger partial charge in [0.2, 0.25) is 0 Å². The molecule has 0 amide bonds. The zero-order valence-corrected chi connectivity index (χ0v) is 12.6. The second-order valence-corrected chi connectivity index (χ2v) is 6.15. The fourth-order valence-electron chi connectivity index (χ4n) is 2.47. The lowest BCUT2D eigenvalue weighted by Gasteiger charge is -2.18. The van der Waals surface area contributed by atoms with Gasteiger partial charge in [-0.3, -0.25) is 4.79 Å². The molecule has 19 heavy (non-hydrogen) atoms. The molecule has 2 rings (SSSR count). The Labute approximate surface area is 120 Å². The molecular formula is C16H21ClO2. The topological polar surface area (TPSA) is 26.3 Å². The maximum atomic E-state index is 12.1. The van der Waals surface area contributed by atoms with Crippen molar-refractivity contribution < 1.29 is 9.53 Å². The molecule has 2 nitrogen and oxygen atoms in total. The number of ether oxygens (including phenoxy) is 1. The van der Waals surface area contributed by atoms with Crippen LogP contribution in [-0.2, 0) is 6.42 Å². The van der Waals surface area contributed by atoms with Gasteiger partial charge >= 0.3 is 0 Å². The maximum Gasteiger partial charge on any atom is 0.180 e. The fraction of sp³-hybridized carbons (Fsp3) is 0.562. The van der Waals surface area contributed by atoms with Gasteiger partial charge in [-0.2, -0.15) is 0 Å². The molecule has 1 aromatic rings. The predicted octanol–water partition coefficient (Wildman–Crippen LogP) is 4.34. The van der Waals surface area contributed by atoms with E-state index < -0.39 is 5.38 Å². The molecule has 1 aromatic carbocycles. The van der Waals surface area contributed by atoms with Crippen molar-refractivity contribution in [1.82, 2.24) is 0 Å². The van der Waals surface area contributed by atoms with E-state index in [1.807, 2.05) is 12.1 Å². The lowest BCUT2D eigenvalue weighted by Crippen LogP contribution is -2.12. The van der Waals surface area contributed by atoms with Gasteiger partial charge in [0.1, 0.15) is 5.75 Å². The van der Waals surface area contributed by atoms with Gasteiger partial charge in [0, 0.05) is 5.56 Å². The van der Waals surface area contributed by atoms with Crippen LogP contribution in [-0.4, -0.2) is 17.8 Å². The minimum Gasteiger partial charge on any atom is -0.493 e. The molecule has 1 atom stereocenters. The monoisotopic (exact) mass is 280 g/mol. The summed E-state index contributed by atoms with van der Waals surface area (Å²) in [6, 6.07) is 3.92. The number of hydrogen-bond donors (Lipinski definition) is 0. The third-order valence-corrected chi connectivity index (χ3v) is 3.75. The zero-order valence-electron chi connectivity index (χ0n) is 11.8. The fourth-order valence-corrected chi connectivity index (χ4v) is 2.59. The smallest absolute Gasteiger partial charge is 0.180 e. The van der Waals surface area contributed by atoms with E-state index in [9.17, 15) is 4.79 Å². The highest BCUT2D eigenvalue weighted by molar-refractivity contribution is 6.33. The number of rotatable bonds is 3. The highest BCUT2D eigenvalue weighted by Gasteiger charge is 2.21. The largest absolute Gasteiger partial charge is 0.493 e. The van der Waals surface area contributed by atoms with Crippen LogP contribution in [0.25, 0.3) is 0 Å². The normalized spacial score (nSPS) is 16.5. The molecule has 1 aliphatic heterocycles. The second-order valence-electron chi connectivity index (χ2n) is 5.49. The van der Waals surface area contributed by atoms with Crippen LogP contribution in [0.2, 0.25) is 0 Å². The Hall–Kier alpha value is -1.02. The minimum atomic E-state index is -0.482. The predicted molar refractivity (Wildman–Crippen MR) is 78.6 cm³/mol. The zero-order chi connectivity index (χ0) is 14.0. The van der Waals surface area contributed by atoms with Crippen LogP contribution in [0.5, 0.6) is 5.75 Å². The molecule has 0 bridgehead atoms. The first-order chi connectivity index (χ1) is 9.00. The van der Waals surface area contributed by atoms with E-state index in [1.54, 1.807) is 6.92 Å². The van der Waals surface area contributed by atoms with Gasteiger partial charge in [-0.15, -0.1) is 11.6 Å². The van der Waals surface area contributed by atoms with E-state index in [2.05, 4.69) is 13.8 Å².